The lowest BCUT2D eigenvalue weighted by molar-refractivity contribution is 0.0690. The van der Waals surface area contributed by atoms with Gasteiger partial charge in [-0.1, -0.05) is 11.6 Å². The predicted molar refractivity (Wildman–Crippen MR) is 48.2 cm³/mol. The molecule has 0 saturated carbocycles. The third-order valence-electron chi connectivity index (χ3n) is 2.21. The third kappa shape index (κ3) is 1.40. The largest absolute Gasteiger partial charge is 0.476 e. The lowest BCUT2D eigenvalue weighted by Crippen LogP contribution is -2.04. The highest BCUT2D eigenvalue weighted by Crippen LogP contribution is 2.25. The quantitative estimate of drug-likeness (QED) is 0.749. The van der Waals surface area contributed by atoms with Gasteiger partial charge in [0.2, 0.25) is 0 Å². The van der Waals surface area contributed by atoms with Crippen molar-refractivity contribution < 1.29 is 9.90 Å². The molecule has 1 aliphatic carbocycles. The van der Waals surface area contributed by atoms with E-state index in [0.29, 0.717) is 0 Å². The van der Waals surface area contributed by atoms with Gasteiger partial charge in [0.05, 0.1) is 5.02 Å². The second-order valence-corrected chi connectivity index (χ2v) is 3.49. The third-order valence-corrected chi connectivity index (χ3v) is 2.49. The van der Waals surface area contributed by atoms with E-state index in [4.69, 9.17) is 16.7 Å². The van der Waals surface area contributed by atoms with E-state index in [1.165, 1.54) is 0 Å². The minimum Gasteiger partial charge on any atom is -0.476 e. The zero-order valence-corrected chi connectivity index (χ0v) is 7.64. The van der Waals surface area contributed by atoms with Gasteiger partial charge in [0.15, 0.2) is 5.69 Å². The Hall–Kier alpha value is -1.09. The molecule has 2 rings (SSSR count). The Morgan fingerprint density at radius 1 is 1.54 bits per heavy atom. The Morgan fingerprint density at radius 2 is 2.31 bits per heavy atom. The van der Waals surface area contributed by atoms with Gasteiger partial charge in [-0.3, -0.25) is 0 Å². The summed E-state index contributed by atoms with van der Waals surface area (Å²) in [5.74, 6) is -1.06. The molecular formula is C9H8ClNO2. The molecular weight excluding hydrogens is 190 g/mol. The molecule has 0 aromatic carbocycles. The summed E-state index contributed by atoms with van der Waals surface area (Å²) in [6, 6.07) is 1.72. The van der Waals surface area contributed by atoms with Gasteiger partial charge in [-0.2, -0.15) is 0 Å². The maximum Gasteiger partial charge on any atom is 0.356 e. The van der Waals surface area contributed by atoms with Gasteiger partial charge in [0.1, 0.15) is 0 Å². The molecule has 68 valence electrons. The monoisotopic (exact) mass is 197 g/mol. The van der Waals surface area contributed by atoms with Gasteiger partial charge in [-0.15, -0.1) is 0 Å². The first-order chi connectivity index (χ1) is 6.18. The van der Waals surface area contributed by atoms with Gasteiger partial charge in [0, 0.05) is 5.69 Å². The summed E-state index contributed by atoms with van der Waals surface area (Å²) >= 11 is 5.76. The van der Waals surface area contributed by atoms with E-state index in [1.54, 1.807) is 6.07 Å². The molecule has 0 bridgehead atoms. The Labute approximate surface area is 80.4 Å². The fraction of sp³-hybridized carbons (Fsp3) is 0.333. The van der Waals surface area contributed by atoms with Crippen molar-refractivity contribution in [1.82, 2.24) is 4.98 Å². The second kappa shape index (κ2) is 3.00. The van der Waals surface area contributed by atoms with Gasteiger partial charge in [-0.25, -0.2) is 9.78 Å². The number of nitrogens with zero attached hydrogens (tertiary/aromatic N) is 1. The molecule has 0 spiro atoms. The summed E-state index contributed by atoms with van der Waals surface area (Å²) in [4.78, 5) is 14.7. The minimum absolute atomic E-state index is 0.0256. The number of hydrogen-bond acceptors (Lipinski definition) is 2. The molecule has 13 heavy (non-hydrogen) atoms. The van der Waals surface area contributed by atoms with E-state index < -0.39 is 5.97 Å². The fourth-order valence-corrected chi connectivity index (χ4v) is 1.85. The van der Waals surface area contributed by atoms with Crippen LogP contribution in [0.15, 0.2) is 6.07 Å². The SMILES string of the molecule is O=C(O)c1nc2c(cc1Cl)CCC2. The minimum atomic E-state index is -1.06. The number of halogens is 1. The van der Waals surface area contributed by atoms with E-state index in [1.807, 2.05) is 0 Å². The molecule has 0 amide bonds. The predicted octanol–water partition coefficient (Wildman–Crippen LogP) is 1.92. The zero-order valence-electron chi connectivity index (χ0n) is 6.88. The number of pyridine rings is 1. The topological polar surface area (TPSA) is 50.2 Å². The van der Waals surface area contributed by atoms with Gasteiger partial charge >= 0.3 is 5.97 Å². The Balaban J connectivity index is 2.55. The van der Waals surface area contributed by atoms with Crippen molar-refractivity contribution in [2.24, 2.45) is 0 Å². The van der Waals surface area contributed by atoms with Crippen LogP contribution in [0, 0.1) is 0 Å². The molecule has 3 nitrogen and oxygen atoms in total. The number of aromatic nitrogens is 1. The van der Waals surface area contributed by atoms with Crippen LogP contribution in [-0.4, -0.2) is 16.1 Å². The lowest BCUT2D eigenvalue weighted by atomic mass is 10.2. The van der Waals surface area contributed by atoms with Crippen molar-refractivity contribution in [1.29, 1.82) is 0 Å². The summed E-state index contributed by atoms with van der Waals surface area (Å²) in [7, 11) is 0. The van der Waals surface area contributed by atoms with Gasteiger partial charge in [0.25, 0.3) is 0 Å². The molecule has 1 N–H and O–H groups in total. The van der Waals surface area contributed by atoms with Gasteiger partial charge < -0.3 is 5.11 Å². The van der Waals surface area contributed by atoms with Crippen LogP contribution in [-0.2, 0) is 12.8 Å². The number of carboxylic acid groups (broad SMARTS) is 1. The van der Waals surface area contributed by atoms with Crippen LogP contribution >= 0.6 is 11.6 Å². The first-order valence-electron chi connectivity index (χ1n) is 4.10. The zero-order chi connectivity index (χ0) is 9.42. The van der Waals surface area contributed by atoms with Crippen LogP contribution in [0.5, 0.6) is 0 Å². The lowest BCUT2D eigenvalue weighted by Gasteiger charge is -2.02. The maximum atomic E-state index is 10.7. The van der Waals surface area contributed by atoms with Crippen LogP contribution in [0.3, 0.4) is 0 Å². The van der Waals surface area contributed by atoms with Crippen LogP contribution in [0.2, 0.25) is 5.02 Å². The number of fused-ring (bicyclic) bond motifs is 1. The first-order valence-corrected chi connectivity index (χ1v) is 4.48. The number of aryl methyl sites for hydroxylation is 2. The van der Waals surface area contributed by atoms with E-state index >= 15 is 0 Å². The van der Waals surface area contributed by atoms with Crippen LogP contribution in [0.1, 0.15) is 28.2 Å². The van der Waals surface area contributed by atoms with Crippen LogP contribution in [0.4, 0.5) is 0 Å². The molecule has 1 aromatic rings. The molecule has 0 atom stereocenters. The molecule has 4 heteroatoms. The molecule has 1 aliphatic rings. The molecule has 0 aliphatic heterocycles. The number of carbonyl (C=O) groups is 1. The van der Waals surface area contributed by atoms with Crippen molar-refractivity contribution >= 4 is 17.6 Å². The molecule has 0 fully saturated rings. The maximum absolute atomic E-state index is 10.7. The highest BCUT2D eigenvalue weighted by atomic mass is 35.5. The van der Waals surface area contributed by atoms with Crippen molar-refractivity contribution in [2.75, 3.05) is 0 Å². The van der Waals surface area contributed by atoms with E-state index in [0.717, 1.165) is 30.5 Å². The smallest absolute Gasteiger partial charge is 0.356 e. The van der Waals surface area contributed by atoms with E-state index in [2.05, 4.69) is 4.98 Å². The van der Waals surface area contributed by atoms with Crippen molar-refractivity contribution in [3.8, 4) is 0 Å². The fourth-order valence-electron chi connectivity index (χ4n) is 1.59. The molecule has 0 radical (unpaired) electrons. The average Bonchev–Trinajstić information content (AvgIpc) is 2.48. The van der Waals surface area contributed by atoms with Crippen LogP contribution < -0.4 is 0 Å². The number of hydrogen-bond donors (Lipinski definition) is 1. The summed E-state index contributed by atoms with van der Waals surface area (Å²) in [6.07, 6.45) is 2.87. The average molecular weight is 198 g/mol. The molecule has 0 unspecified atom stereocenters. The summed E-state index contributed by atoms with van der Waals surface area (Å²) < 4.78 is 0. The number of carboxylic acids is 1. The highest BCUT2D eigenvalue weighted by Gasteiger charge is 2.18. The van der Waals surface area contributed by atoms with Crippen molar-refractivity contribution in [3.05, 3.63) is 28.0 Å². The summed E-state index contributed by atoms with van der Waals surface area (Å²) in [6.45, 7) is 0. The molecule has 1 heterocycles. The Bertz CT molecular complexity index is 376. The Kier molecular flexibility index (Phi) is 1.96. The van der Waals surface area contributed by atoms with E-state index in [9.17, 15) is 4.79 Å². The number of aromatic carboxylic acids is 1. The Morgan fingerprint density at radius 3 is 3.00 bits per heavy atom. The van der Waals surface area contributed by atoms with Gasteiger partial charge in [-0.05, 0) is 30.9 Å². The molecule has 0 saturated heterocycles. The highest BCUT2D eigenvalue weighted by molar-refractivity contribution is 6.33. The summed E-state index contributed by atoms with van der Waals surface area (Å²) in [5.41, 5.74) is 1.96. The number of rotatable bonds is 1. The van der Waals surface area contributed by atoms with Crippen LogP contribution in [0.25, 0.3) is 0 Å². The van der Waals surface area contributed by atoms with Crippen molar-refractivity contribution in [2.45, 2.75) is 19.3 Å². The second-order valence-electron chi connectivity index (χ2n) is 3.08. The standard InChI is InChI=1S/C9H8ClNO2/c10-6-4-5-2-1-3-7(5)11-8(6)9(12)13/h4H,1-3H2,(H,12,13). The summed E-state index contributed by atoms with van der Waals surface area (Å²) in [5, 5.41) is 8.99. The first kappa shape index (κ1) is 8.51. The van der Waals surface area contributed by atoms with E-state index in [-0.39, 0.29) is 10.7 Å². The van der Waals surface area contributed by atoms with Crippen molar-refractivity contribution in [3.63, 3.8) is 0 Å². The molecule has 1 aromatic heterocycles. The normalized spacial score (nSPS) is 14.2.